The van der Waals surface area contributed by atoms with E-state index in [1.165, 1.54) is 0 Å². The average Bonchev–Trinajstić information content (AvgIpc) is 1.44. The van der Waals surface area contributed by atoms with Crippen molar-refractivity contribution in [1.82, 2.24) is 0 Å². The normalized spacial score (nSPS) is 13.7. The Kier molecular flexibility index (Phi) is 5.33. The van der Waals surface area contributed by atoms with Crippen molar-refractivity contribution in [3.8, 4) is 0 Å². The van der Waals surface area contributed by atoms with Gasteiger partial charge in [-0.25, -0.2) is 0 Å². The van der Waals surface area contributed by atoms with Gasteiger partial charge in [-0.15, -0.1) is 0 Å². The molecule has 0 aromatic carbocycles. The average molecular weight is 264 g/mol. The van der Waals surface area contributed by atoms with E-state index in [0.717, 1.165) is 0 Å². The fraction of sp³-hybridized carbons (Fsp3) is 1.00. The Labute approximate surface area is 93.4 Å². The molecule has 0 aromatic heterocycles. The van der Waals surface area contributed by atoms with Gasteiger partial charge in [-0.3, -0.25) is 13.7 Å². The second-order valence-corrected chi connectivity index (χ2v) is 7.23. The molecule has 0 saturated carbocycles. The third-order valence-corrected chi connectivity index (χ3v) is 6.57. The maximum Gasteiger partial charge on any atom is 1.00 e. The second-order valence-electron chi connectivity index (χ2n) is 1.83. The topological polar surface area (TPSA) is 163 Å². The molecule has 14 heavy (non-hydrogen) atoms. The van der Waals surface area contributed by atoms with Crippen molar-refractivity contribution in [2.45, 2.75) is 3.91 Å². The summed E-state index contributed by atoms with van der Waals surface area (Å²) in [6.45, 7) is 0. The quantitative estimate of drug-likeness (QED) is 0.334. The van der Waals surface area contributed by atoms with Crippen molar-refractivity contribution < 1.29 is 59.2 Å². The van der Waals surface area contributed by atoms with Gasteiger partial charge in [0.1, 0.15) is 0 Å². The monoisotopic (exact) mass is 264 g/mol. The predicted molar refractivity (Wildman–Crippen MR) is 39.5 cm³/mol. The van der Waals surface area contributed by atoms with Crippen LogP contribution in [0.1, 0.15) is 1.43 Å². The molecule has 0 radical (unpaired) electrons. The molecule has 3 N–H and O–H groups in total. The minimum atomic E-state index is -5.66. The van der Waals surface area contributed by atoms with Crippen LogP contribution in [-0.2, 0) is 30.4 Å². The molecule has 0 fully saturated rings. The Morgan fingerprint density at radius 3 is 0.857 bits per heavy atom. The molecule has 0 heterocycles. The summed E-state index contributed by atoms with van der Waals surface area (Å²) in [6, 6.07) is 0. The van der Waals surface area contributed by atoms with Gasteiger partial charge in [-0.2, -0.15) is 25.3 Å². The van der Waals surface area contributed by atoms with Crippen LogP contribution in [0.5, 0.6) is 0 Å². The first-order valence-electron chi connectivity index (χ1n) is 2.25. The summed E-state index contributed by atoms with van der Waals surface area (Å²) in [5.74, 6) is 0. The molecule has 0 rings (SSSR count). The zero-order valence-corrected chi connectivity index (χ0v) is 9.04. The SMILES string of the molecule is O=S(=O)(O)C(S(=O)(=O)O)S(=O)(=O)O.[H-].[Li+]. The third-order valence-electron chi connectivity index (χ3n) is 0.730. The number of hydrogen-bond donors (Lipinski definition) is 3. The van der Waals surface area contributed by atoms with E-state index in [9.17, 15) is 25.3 Å². The van der Waals surface area contributed by atoms with Gasteiger partial charge in [0.25, 0.3) is 0 Å². The van der Waals surface area contributed by atoms with E-state index in [1.54, 1.807) is 0 Å². The van der Waals surface area contributed by atoms with Gasteiger partial charge < -0.3 is 1.43 Å². The van der Waals surface area contributed by atoms with Crippen molar-refractivity contribution in [3.05, 3.63) is 0 Å². The molecule has 0 bridgehead atoms. The van der Waals surface area contributed by atoms with E-state index in [1.807, 2.05) is 0 Å². The molecule has 9 nitrogen and oxygen atoms in total. The first kappa shape index (κ1) is 16.7. The summed E-state index contributed by atoms with van der Waals surface area (Å²) in [4.78, 5) is 0. The Balaban J connectivity index is -0.000000720. The van der Waals surface area contributed by atoms with Gasteiger partial charge in [0.05, 0.1) is 0 Å². The summed E-state index contributed by atoms with van der Waals surface area (Å²) in [7, 11) is -17.0. The summed E-state index contributed by atoms with van der Waals surface area (Å²) >= 11 is 0. The van der Waals surface area contributed by atoms with Gasteiger partial charge >= 0.3 is 53.1 Å². The van der Waals surface area contributed by atoms with Crippen molar-refractivity contribution in [2.24, 2.45) is 0 Å². The molecule has 0 unspecified atom stereocenters. The Hall–Kier alpha value is 0.327. The second kappa shape index (κ2) is 4.45. The number of rotatable bonds is 3. The van der Waals surface area contributed by atoms with E-state index in [-0.39, 0.29) is 20.3 Å². The summed E-state index contributed by atoms with van der Waals surface area (Å²) in [5, 5.41) is 0. The molecular formula is CH5LiO9S3. The molecule has 0 aliphatic carbocycles. The van der Waals surface area contributed by atoms with Crippen LogP contribution in [0, 0.1) is 0 Å². The van der Waals surface area contributed by atoms with E-state index in [4.69, 9.17) is 13.7 Å². The third kappa shape index (κ3) is 4.71. The standard InChI is InChI=1S/CH4O9S3.Li.H/c2-11(3,4)1(12(5,6)7)13(8,9)10;;/h1H,(H,2,3,4)(H,5,6,7)(H,8,9,10);;/q;+1;-1. The van der Waals surface area contributed by atoms with Gasteiger partial charge in [-0.05, 0) is 0 Å². The maximum atomic E-state index is 10.1. The van der Waals surface area contributed by atoms with Crippen LogP contribution < -0.4 is 18.9 Å². The van der Waals surface area contributed by atoms with Gasteiger partial charge in [0.15, 0.2) is 0 Å². The van der Waals surface area contributed by atoms with Crippen molar-refractivity contribution in [1.29, 1.82) is 0 Å². The van der Waals surface area contributed by atoms with Gasteiger partial charge in [0.2, 0.25) is 0 Å². The zero-order chi connectivity index (χ0) is 11.1. The van der Waals surface area contributed by atoms with Crippen LogP contribution in [0.3, 0.4) is 0 Å². The summed E-state index contributed by atoms with van der Waals surface area (Å²) in [5.41, 5.74) is 0. The van der Waals surface area contributed by atoms with Crippen molar-refractivity contribution >= 4 is 30.4 Å². The Bertz CT molecular complexity index is 407. The molecule has 0 saturated heterocycles. The minimum absolute atomic E-state index is 0. The molecule has 0 amide bonds. The molecule has 0 aliphatic rings. The maximum absolute atomic E-state index is 10.1. The van der Waals surface area contributed by atoms with Crippen LogP contribution in [0.4, 0.5) is 0 Å². The van der Waals surface area contributed by atoms with Crippen molar-refractivity contribution in [3.63, 3.8) is 0 Å². The number of hydrogen-bond acceptors (Lipinski definition) is 6. The van der Waals surface area contributed by atoms with E-state index >= 15 is 0 Å². The molecule has 0 spiro atoms. The Morgan fingerprint density at radius 1 is 0.714 bits per heavy atom. The summed E-state index contributed by atoms with van der Waals surface area (Å²) in [6.07, 6.45) is 0. The van der Waals surface area contributed by atoms with Crippen LogP contribution in [-0.4, -0.2) is 42.8 Å². The summed E-state index contributed by atoms with van der Waals surface area (Å²) < 4.78 is 81.1. The fourth-order valence-corrected chi connectivity index (χ4v) is 4.15. The molecule has 82 valence electrons. The van der Waals surface area contributed by atoms with Crippen LogP contribution in [0.15, 0.2) is 0 Å². The predicted octanol–water partition coefficient (Wildman–Crippen LogP) is -4.95. The van der Waals surface area contributed by atoms with E-state index in [0.29, 0.717) is 0 Å². The smallest absolute Gasteiger partial charge is 1.00 e. The van der Waals surface area contributed by atoms with Gasteiger partial charge in [0, 0.05) is 0 Å². The van der Waals surface area contributed by atoms with Crippen LogP contribution in [0.2, 0.25) is 0 Å². The fourth-order valence-electron chi connectivity index (χ4n) is 0.461. The molecule has 13 heteroatoms. The van der Waals surface area contributed by atoms with Crippen molar-refractivity contribution in [2.75, 3.05) is 0 Å². The molecule has 0 atom stereocenters. The van der Waals surface area contributed by atoms with Crippen LogP contribution in [0.25, 0.3) is 0 Å². The van der Waals surface area contributed by atoms with E-state index < -0.39 is 34.3 Å². The van der Waals surface area contributed by atoms with Crippen LogP contribution >= 0.6 is 0 Å². The van der Waals surface area contributed by atoms with E-state index in [2.05, 4.69) is 0 Å². The Morgan fingerprint density at radius 2 is 0.857 bits per heavy atom. The largest absolute Gasteiger partial charge is 1.00 e. The molecular weight excluding hydrogens is 259 g/mol. The first-order chi connectivity index (χ1) is 5.37. The zero-order valence-electron chi connectivity index (χ0n) is 7.59. The van der Waals surface area contributed by atoms with Gasteiger partial charge in [-0.1, -0.05) is 0 Å². The first-order valence-corrected chi connectivity index (χ1v) is 6.76. The molecule has 0 aliphatic heterocycles. The molecule has 0 aromatic rings. The minimum Gasteiger partial charge on any atom is -1.00 e.